The van der Waals surface area contributed by atoms with Crippen molar-refractivity contribution >= 4 is 11.7 Å². The summed E-state index contributed by atoms with van der Waals surface area (Å²) in [6.07, 6.45) is 1.83. The third kappa shape index (κ3) is 4.56. The van der Waals surface area contributed by atoms with Gasteiger partial charge in [-0.25, -0.2) is 0 Å². The first-order chi connectivity index (χ1) is 15.4. The van der Waals surface area contributed by atoms with E-state index in [1.54, 1.807) is 17.7 Å². The van der Waals surface area contributed by atoms with Crippen LogP contribution >= 0.6 is 0 Å². The second-order valence-corrected chi connectivity index (χ2v) is 7.83. The number of nitrogens with zero attached hydrogens (tertiary/aromatic N) is 3. The van der Waals surface area contributed by atoms with Gasteiger partial charge in [-0.3, -0.25) is 9.48 Å². The Morgan fingerprint density at radius 2 is 1.81 bits per heavy atom. The van der Waals surface area contributed by atoms with Crippen LogP contribution in [-0.4, -0.2) is 20.8 Å². The molecule has 1 N–H and O–H groups in total. The molecule has 0 aliphatic heterocycles. The Labute approximate surface area is 187 Å². The molecule has 2 aromatic carbocycles. The zero-order valence-electron chi connectivity index (χ0n) is 18.7. The molecule has 0 fully saturated rings. The molecule has 0 aliphatic carbocycles. The maximum Gasteiger partial charge on any atom is 0.279 e. The topological polar surface area (TPSA) is 82.2 Å². The molecule has 7 nitrogen and oxygen atoms in total. The number of ether oxygens (including phenoxy) is 1. The highest BCUT2D eigenvalue weighted by atomic mass is 16.5. The number of amides is 1. The van der Waals surface area contributed by atoms with Crippen molar-refractivity contribution in [3.05, 3.63) is 94.0 Å². The van der Waals surface area contributed by atoms with Gasteiger partial charge in [-0.15, -0.1) is 0 Å². The molecule has 0 saturated carbocycles. The van der Waals surface area contributed by atoms with Crippen molar-refractivity contribution < 1.29 is 14.1 Å². The number of aryl methyl sites for hydroxylation is 3. The molecule has 4 rings (SSSR count). The molecule has 0 aliphatic rings. The summed E-state index contributed by atoms with van der Waals surface area (Å²) in [5.41, 5.74) is 5.38. The van der Waals surface area contributed by atoms with Gasteiger partial charge in [0.2, 0.25) is 0 Å². The molecule has 0 spiro atoms. The number of carbonyl (C=O) groups excluding carboxylic acids is 1. The fraction of sp³-hybridized carbons (Fsp3) is 0.240. The zero-order valence-corrected chi connectivity index (χ0v) is 18.7. The number of anilines is 1. The average molecular weight is 431 g/mol. The molecule has 32 heavy (non-hydrogen) atoms. The maximum absolute atomic E-state index is 12.9. The lowest BCUT2D eigenvalue weighted by molar-refractivity contribution is 0.101. The van der Waals surface area contributed by atoms with Crippen molar-refractivity contribution in [1.82, 2.24) is 14.9 Å². The SMILES string of the molecule is Cc1ccccc1Cn1ccc(NC(=O)c2noc(C)c2COc2cccc(C)c2C)n1. The molecule has 4 aromatic rings. The van der Waals surface area contributed by atoms with E-state index in [-0.39, 0.29) is 18.2 Å². The fourth-order valence-electron chi connectivity index (χ4n) is 3.42. The maximum atomic E-state index is 12.9. The van der Waals surface area contributed by atoms with E-state index in [2.05, 4.69) is 34.6 Å². The van der Waals surface area contributed by atoms with Gasteiger partial charge in [0.1, 0.15) is 18.1 Å². The van der Waals surface area contributed by atoms with Crippen LogP contribution in [0, 0.1) is 27.7 Å². The number of nitrogens with one attached hydrogen (secondary N) is 1. The lowest BCUT2D eigenvalue weighted by atomic mass is 10.1. The Morgan fingerprint density at radius 3 is 2.62 bits per heavy atom. The molecule has 1 amide bonds. The first kappa shape index (κ1) is 21.4. The normalized spacial score (nSPS) is 10.9. The molecule has 0 atom stereocenters. The van der Waals surface area contributed by atoms with E-state index in [0.717, 1.165) is 16.9 Å². The molecule has 0 radical (unpaired) electrons. The predicted octanol–water partition coefficient (Wildman–Crippen LogP) is 4.98. The van der Waals surface area contributed by atoms with Crippen LogP contribution in [-0.2, 0) is 13.2 Å². The van der Waals surface area contributed by atoms with Crippen LogP contribution in [0.15, 0.2) is 59.3 Å². The van der Waals surface area contributed by atoms with Crippen LogP contribution in [0.5, 0.6) is 5.75 Å². The Bertz CT molecular complexity index is 1260. The Hall–Kier alpha value is -3.87. The molecule has 2 heterocycles. The highest BCUT2D eigenvalue weighted by Crippen LogP contribution is 2.24. The molecule has 7 heteroatoms. The smallest absolute Gasteiger partial charge is 0.279 e. The first-order valence-corrected chi connectivity index (χ1v) is 10.5. The van der Waals surface area contributed by atoms with Crippen molar-refractivity contribution in [1.29, 1.82) is 0 Å². The Balaban J connectivity index is 1.45. The number of aromatic nitrogens is 3. The Kier molecular flexibility index (Phi) is 6.07. The fourth-order valence-corrected chi connectivity index (χ4v) is 3.42. The highest BCUT2D eigenvalue weighted by Gasteiger charge is 2.21. The minimum Gasteiger partial charge on any atom is -0.488 e. The third-order valence-electron chi connectivity index (χ3n) is 5.60. The van der Waals surface area contributed by atoms with Crippen molar-refractivity contribution in [2.45, 2.75) is 40.8 Å². The van der Waals surface area contributed by atoms with Crippen molar-refractivity contribution in [2.24, 2.45) is 0 Å². The van der Waals surface area contributed by atoms with Gasteiger partial charge in [0.05, 0.1) is 12.1 Å². The van der Waals surface area contributed by atoms with Gasteiger partial charge in [0, 0.05) is 12.3 Å². The number of carbonyl (C=O) groups is 1. The van der Waals surface area contributed by atoms with E-state index in [1.807, 2.05) is 50.4 Å². The minimum atomic E-state index is -0.387. The van der Waals surface area contributed by atoms with Crippen LogP contribution in [0.2, 0.25) is 0 Å². The second-order valence-electron chi connectivity index (χ2n) is 7.83. The van der Waals surface area contributed by atoms with Crippen molar-refractivity contribution in [3.63, 3.8) is 0 Å². The second kappa shape index (κ2) is 9.09. The molecule has 2 aromatic heterocycles. The average Bonchev–Trinajstić information content (AvgIpc) is 3.37. The minimum absolute atomic E-state index is 0.185. The van der Waals surface area contributed by atoms with Crippen LogP contribution in [0.4, 0.5) is 5.82 Å². The summed E-state index contributed by atoms with van der Waals surface area (Å²) in [6.45, 7) is 8.68. The van der Waals surface area contributed by atoms with Gasteiger partial charge < -0.3 is 14.6 Å². The molecular formula is C25H26N4O3. The van der Waals surface area contributed by atoms with Crippen LogP contribution in [0.3, 0.4) is 0 Å². The van der Waals surface area contributed by atoms with Crippen LogP contribution in [0.25, 0.3) is 0 Å². The zero-order chi connectivity index (χ0) is 22.7. The van der Waals surface area contributed by atoms with Gasteiger partial charge in [-0.2, -0.15) is 5.10 Å². The molecule has 0 bridgehead atoms. The van der Waals surface area contributed by atoms with E-state index in [4.69, 9.17) is 9.26 Å². The van der Waals surface area contributed by atoms with Crippen LogP contribution in [0.1, 0.15) is 44.1 Å². The number of rotatable bonds is 7. The van der Waals surface area contributed by atoms with Crippen molar-refractivity contribution in [3.8, 4) is 5.75 Å². The van der Waals surface area contributed by atoms with Crippen LogP contribution < -0.4 is 10.1 Å². The molecular weight excluding hydrogens is 404 g/mol. The number of hydrogen-bond donors (Lipinski definition) is 1. The number of hydrogen-bond acceptors (Lipinski definition) is 5. The Morgan fingerprint density at radius 1 is 1.03 bits per heavy atom. The lowest BCUT2D eigenvalue weighted by Crippen LogP contribution is -2.16. The van der Waals surface area contributed by atoms with E-state index >= 15 is 0 Å². The molecule has 0 unspecified atom stereocenters. The van der Waals surface area contributed by atoms with E-state index < -0.39 is 0 Å². The van der Waals surface area contributed by atoms with Gasteiger partial charge in [-0.1, -0.05) is 41.6 Å². The largest absolute Gasteiger partial charge is 0.488 e. The molecule has 164 valence electrons. The highest BCUT2D eigenvalue weighted by molar-refractivity contribution is 6.03. The summed E-state index contributed by atoms with van der Waals surface area (Å²) in [5.74, 6) is 1.38. The summed E-state index contributed by atoms with van der Waals surface area (Å²) >= 11 is 0. The lowest BCUT2D eigenvalue weighted by Gasteiger charge is -2.11. The predicted molar refractivity (Wildman–Crippen MR) is 122 cm³/mol. The standard InChI is InChI=1S/C25H26N4O3/c1-16-9-7-11-22(18(16)3)31-15-21-19(4)32-28-24(21)25(30)26-23-12-13-29(27-23)14-20-10-6-5-8-17(20)2/h5-13H,14-15H2,1-4H3,(H,26,27,30). The van der Waals surface area contributed by atoms with Gasteiger partial charge in [-0.05, 0) is 56.0 Å². The quantitative estimate of drug-likeness (QED) is 0.447. The summed E-state index contributed by atoms with van der Waals surface area (Å²) in [5, 5.41) is 11.2. The summed E-state index contributed by atoms with van der Waals surface area (Å²) < 4.78 is 13.0. The molecule has 0 saturated heterocycles. The summed E-state index contributed by atoms with van der Waals surface area (Å²) in [7, 11) is 0. The van der Waals surface area contributed by atoms with Crippen molar-refractivity contribution in [2.75, 3.05) is 5.32 Å². The van der Waals surface area contributed by atoms with Gasteiger partial charge in [0.25, 0.3) is 5.91 Å². The third-order valence-corrected chi connectivity index (χ3v) is 5.60. The first-order valence-electron chi connectivity index (χ1n) is 10.5. The summed E-state index contributed by atoms with van der Waals surface area (Å²) in [4.78, 5) is 12.9. The van der Waals surface area contributed by atoms with Gasteiger partial charge in [0.15, 0.2) is 11.5 Å². The summed E-state index contributed by atoms with van der Waals surface area (Å²) in [6, 6.07) is 15.8. The van der Waals surface area contributed by atoms with E-state index in [1.165, 1.54) is 11.1 Å². The monoisotopic (exact) mass is 430 g/mol. The van der Waals surface area contributed by atoms with Gasteiger partial charge >= 0.3 is 0 Å². The number of benzene rings is 2. The van der Waals surface area contributed by atoms with E-state index in [0.29, 0.717) is 23.7 Å². The van der Waals surface area contributed by atoms with E-state index in [9.17, 15) is 4.79 Å².